The fourth-order valence-corrected chi connectivity index (χ4v) is 3.40. The van der Waals surface area contributed by atoms with Crippen molar-refractivity contribution < 1.29 is 14.3 Å². The van der Waals surface area contributed by atoms with E-state index >= 15 is 0 Å². The van der Waals surface area contributed by atoms with E-state index in [-0.39, 0.29) is 17.9 Å². The van der Waals surface area contributed by atoms with Crippen LogP contribution in [-0.2, 0) is 18.3 Å². The highest BCUT2D eigenvalue weighted by Gasteiger charge is 2.16. The number of nitrogens with one attached hydrogen (secondary N) is 2. The van der Waals surface area contributed by atoms with E-state index in [9.17, 15) is 9.59 Å². The molecule has 0 saturated heterocycles. The lowest BCUT2D eigenvalue weighted by Gasteiger charge is -2.10. The maximum Gasteiger partial charge on any atom is 0.253 e. The lowest BCUT2D eigenvalue weighted by molar-refractivity contribution is -0.116. The summed E-state index contributed by atoms with van der Waals surface area (Å²) in [4.78, 5) is 27.8. The van der Waals surface area contributed by atoms with Crippen LogP contribution >= 0.6 is 0 Å². The minimum atomic E-state index is -0.197. The monoisotopic (exact) mass is 384 g/mol. The summed E-state index contributed by atoms with van der Waals surface area (Å²) in [6.45, 7) is 3.80. The molecule has 0 aliphatic rings. The van der Waals surface area contributed by atoms with Gasteiger partial charge >= 0.3 is 0 Å². The first-order valence-electron chi connectivity index (χ1n) is 8.92. The molecular formula is C20H24N4O4. The van der Waals surface area contributed by atoms with Gasteiger partial charge in [-0.25, -0.2) is 0 Å². The summed E-state index contributed by atoms with van der Waals surface area (Å²) in [5.74, 6) is 0.969. The summed E-state index contributed by atoms with van der Waals surface area (Å²) < 4.78 is 12.1. The largest absolute Gasteiger partial charge is 0.497 e. The van der Waals surface area contributed by atoms with Crippen LogP contribution in [0, 0.1) is 13.8 Å². The molecule has 0 radical (unpaired) electrons. The van der Waals surface area contributed by atoms with E-state index in [1.165, 1.54) is 0 Å². The van der Waals surface area contributed by atoms with Gasteiger partial charge in [0.1, 0.15) is 17.1 Å². The number of pyridine rings is 1. The van der Waals surface area contributed by atoms with Crippen LogP contribution in [0.4, 0.5) is 5.69 Å². The van der Waals surface area contributed by atoms with Gasteiger partial charge in [-0.1, -0.05) is 0 Å². The number of anilines is 1. The fraction of sp³-hybridized carbons (Fsp3) is 0.350. The lowest BCUT2D eigenvalue weighted by atomic mass is 10.0. The Labute approximate surface area is 162 Å². The third-order valence-corrected chi connectivity index (χ3v) is 4.79. The molecule has 1 amide bonds. The van der Waals surface area contributed by atoms with Gasteiger partial charge < -0.3 is 19.8 Å². The molecule has 0 atom stereocenters. The van der Waals surface area contributed by atoms with Crippen LogP contribution in [0.15, 0.2) is 23.0 Å². The molecule has 0 aliphatic carbocycles. The molecule has 1 aromatic carbocycles. The van der Waals surface area contributed by atoms with Crippen molar-refractivity contribution in [2.45, 2.75) is 26.7 Å². The van der Waals surface area contributed by atoms with Gasteiger partial charge in [0.25, 0.3) is 5.56 Å². The Morgan fingerprint density at radius 3 is 2.43 bits per heavy atom. The van der Waals surface area contributed by atoms with Crippen LogP contribution in [-0.4, -0.2) is 34.9 Å². The molecule has 0 spiro atoms. The van der Waals surface area contributed by atoms with Crippen molar-refractivity contribution >= 4 is 22.6 Å². The van der Waals surface area contributed by atoms with E-state index in [1.807, 2.05) is 13.8 Å². The van der Waals surface area contributed by atoms with Crippen LogP contribution in [0.1, 0.15) is 23.2 Å². The standard InChI is InChI=1S/C20H24N4O4/c1-11-16(20(26)22-19-18(11)12(2)23-24(19)3)6-7-17(25)21-13-8-14(27-4)10-15(9-13)28-5/h8-10H,6-7H2,1-5H3,(H,21,25)(H,22,26). The number of aryl methyl sites for hydroxylation is 3. The molecule has 0 saturated carbocycles. The Morgan fingerprint density at radius 1 is 1.18 bits per heavy atom. The van der Waals surface area contributed by atoms with Crippen LogP contribution < -0.4 is 20.3 Å². The van der Waals surface area contributed by atoms with Crippen LogP contribution in [0.25, 0.3) is 11.0 Å². The summed E-state index contributed by atoms with van der Waals surface area (Å²) in [7, 11) is 4.89. The fourth-order valence-electron chi connectivity index (χ4n) is 3.40. The number of H-pyrrole nitrogens is 1. The van der Waals surface area contributed by atoms with Crippen LogP contribution in [0.2, 0.25) is 0 Å². The summed E-state index contributed by atoms with van der Waals surface area (Å²) in [6, 6.07) is 5.15. The minimum absolute atomic E-state index is 0.175. The number of rotatable bonds is 6. The average Bonchev–Trinajstić information content (AvgIpc) is 2.94. The molecule has 0 bridgehead atoms. The molecular weight excluding hydrogens is 360 g/mol. The second-order valence-corrected chi connectivity index (χ2v) is 6.64. The van der Waals surface area contributed by atoms with Gasteiger partial charge in [0, 0.05) is 48.3 Å². The highest BCUT2D eigenvalue weighted by atomic mass is 16.5. The molecule has 2 heterocycles. The normalized spacial score (nSPS) is 10.9. The molecule has 3 rings (SSSR count). The van der Waals surface area contributed by atoms with Gasteiger partial charge in [0.05, 0.1) is 19.9 Å². The molecule has 3 aromatic rings. The molecule has 28 heavy (non-hydrogen) atoms. The third kappa shape index (κ3) is 3.71. The highest BCUT2D eigenvalue weighted by Crippen LogP contribution is 2.26. The second-order valence-electron chi connectivity index (χ2n) is 6.64. The average molecular weight is 384 g/mol. The smallest absolute Gasteiger partial charge is 0.253 e. The van der Waals surface area contributed by atoms with Crippen molar-refractivity contribution in [3.8, 4) is 11.5 Å². The van der Waals surface area contributed by atoms with Gasteiger partial charge in [0.2, 0.25) is 5.91 Å². The number of ether oxygens (including phenoxy) is 2. The van der Waals surface area contributed by atoms with E-state index < -0.39 is 0 Å². The maximum atomic E-state index is 12.5. The molecule has 2 aromatic heterocycles. The van der Waals surface area contributed by atoms with E-state index in [2.05, 4.69) is 15.4 Å². The molecule has 0 aliphatic heterocycles. The molecule has 148 valence electrons. The minimum Gasteiger partial charge on any atom is -0.497 e. The number of fused-ring (bicyclic) bond motifs is 1. The van der Waals surface area contributed by atoms with Gasteiger partial charge in [-0.2, -0.15) is 5.10 Å². The predicted molar refractivity (Wildman–Crippen MR) is 107 cm³/mol. The van der Waals surface area contributed by atoms with Gasteiger partial charge in [-0.3, -0.25) is 14.3 Å². The number of benzene rings is 1. The number of nitrogens with zero attached hydrogens (tertiary/aromatic N) is 2. The van der Waals surface area contributed by atoms with Crippen molar-refractivity contribution in [1.29, 1.82) is 0 Å². The topological polar surface area (TPSA) is 98.2 Å². The predicted octanol–water partition coefficient (Wildman–Crippen LogP) is 2.47. The number of methoxy groups -OCH3 is 2. The first-order chi connectivity index (χ1) is 13.3. The van der Waals surface area contributed by atoms with Gasteiger partial charge in [0.15, 0.2) is 0 Å². The van der Waals surface area contributed by atoms with E-state index in [0.29, 0.717) is 34.8 Å². The Kier molecular flexibility index (Phi) is 5.39. The van der Waals surface area contributed by atoms with Crippen molar-refractivity contribution in [3.63, 3.8) is 0 Å². The zero-order valence-electron chi connectivity index (χ0n) is 16.7. The van der Waals surface area contributed by atoms with Gasteiger partial charge in [-0.05, 0) is 25.8 Å². The molecule has 0 unspecified atom stereocenters. The summed E-state index contributed by atoms with van der Waals surface area (Å²) in [6.07, 6.45) is 0.507. The lowest BCUT2D eigenvalue weighted by Crippen LogP contribution is -2.19. The number of aromatic nitrogens is 3. The summed E-state index contributed by atoms with van der Waals surface area (Å²) in [5.41, 5.74) is 3.38. The molecule has 0 fully saturated rings. The van der Waals surface area contributed by atoms with Gasteiger partial charge in [-0.15, -0.1) is 0 Å². The quantitative estimate of drug-likeness (QED) is 0.680. The first kappa shape index (κ1) is 19.5. The van der Waals surface area contributed by atoms with Crippen molar-refractivity contribution in [2.24, 2.45) is 7.05 Å². The van der Waals surface area contributed by atoms with Crippen LogP contribution in [0.3, 0.4) is 0 Å². The summed E-state index contributed by atoms with van der Waals surface area (Å²) in [5, 5.41) is 8.11. The molecule has 8 nitrogen and oxygen atoms in total. The number of carbonyl (C=O) groups is 1. The summed E-state index contributed by atoms with van der Waals surface area (Å²) >= 11 is 0. The molecule has 8 heteroatoms. The maximum absolute atomic E-state index is 12.5. The SMILES string of the molecule is COc1cc(NC(=O)CCc2c(C)c3c(C)nn(C)c3[nH]c2=O)cc(OC)c1. The zero-order valence-corrected chi connectivity index (χ0v) is 16.7. The number of amides is 1. The van der Waals surface area contributed by atoms with Crippen LogP contribution in [0.5, 0.6) is 11.5 Å². The van der Waals surface area contributed by atoms with E-state index in [1.54, 1.807) is 44.1 Å². The Balaban J connectivity index is 1.78. The molecule has 2 N–H and O–H groups in total. The van der Waals surface area contributed by atoms with E-state index in [0.717, 1.165) is 16.6 Å². The number of hydrogen-bond acceptors (Lipinski definition) is 5. The number of carbonyl (C=O) groups excluding carboxylic acids is 1. The third-order valence-electron chi connectivity index (χ3n) is 4.79. The van der Waals surface area contributed by atoms with E-state index in [4.69, 9.17) is 9.47 Å². The first-order valence-corrected chi connectivity index (χ1v) is 8.92. The van der Waals surface area contributed by atoms with Crippen molar-refractivity contribution in [2.75, 3.05) is 19.5 Å². The van der Waals surface area contributed by atoms with Crippen molar-refractivity contribution in [3.05, 3.63) is 45.4 Å². The second kappa shape index (κ2) is 7.75. The number of aromatic amines is 1. The van der Waals surface area contributed by atoms with Crippen molar-refractivity contribution in [1.82, 2.24) is 14.8 Å². The Morgan fingerprint density at radius 2 is 1.82 bits per heavy atom. The Bertz CT molecular complexity index is 1080. The zero-order chi connectivity index (χ0) is 20.4. The Hall–Kier alpha value is -3.29. The number of hydrogen-bond donors (Lipinski definition) is 2. The highest BCUT2D eigenvalue weighted by molar-refractivity contribution is 5.91.